The van der Waals surface area contributed by atoms with Gasteiger partial charge in [-0.15, -0.1) is 23.2 Å². The lowest BCUT2D eigenvalue weighted by Crippen LogP contribution is -2.56. The molecule has 0 heterocycles. The van der Waals surface area contributed by atoms with Gasteiger partial charge >= 0.3 is 5.03 Å². The van der Waals surface area contributed by atoms with Gasteiger partial charge in [-0.2, -0.15) is 0 Å². The number of carbonyl (C=O) groups is 3. The molecule has 1 rings (SSSR count). The molecule has 1 aromatic rings. The monoisotopic (exact) mass is 604 g/mol. The number of guanidine groups is 1. The molecule has 40 heavy (non-hydrogen) atoms. The van der Waals surface area contributed by atoms with Gasteiger partial charge in [-0.25, -0.2) is 10.2 Å². The molecule has 1 unspecified atom stereocenters. The van der Waals surface area contributed by atoms with Crippen molar-refractivity contribution in [3.8, 4) is 0 Å². The second kappa shape index (κ2) is 18.8. The Morgan fingerprint density at radius 3 is 2.35 bits per heavy atom. The molecule has 0 aliphatic carbocycles. The molecule has 14 nitrogen and oxygen atoms in total. The van der Waals surface area contributed by atoms with Crippen LogP contribution in [-0.4, -0.2) is 83.5 Å². The number of alkyl halides is 2. The van der Waals surface area contributed by atoms with Crippen LogP contribution in [0.25, 0.3) is 0 Å². The van der Waals surface area contributed by atoms with Gasteiger partial charge in [-0.3, -0.25) is 9.59 Å². The third kappa shape index (κ3) is 13.1. The molecule has 0 spiro atoms. The number of nitrogens with two attached hydrogens (primary N) is 2. The van der Waals surface area contributed by atoms with Gasteiger partial charge < -0.3 is 36.9 Å². The molecule has 224 valence electrons. The van der Waals surface area contributed by atoms with Gasteiger partial charge in [0.05, 0.1) is 18.1 Å². The van der Waals surface area contributed by atoms with Crippen LogP contribution in [0.4, 0.5) is 5.69 Å². The number of anilines is 1. The Morgan fingerprint density at radius 1 is 1.12 bits per heavy atom. The summed E-state index contributed by atoms with van der Waals surface area (Å²) in [6, 6.07) is 4.06. The van der Waals surface area contributed by atoms with Crippen LogP contribution in [0, 0.1) is 4.91 Å². The minimum atomic E-state index is -1.44. The van der Waals surface area contributed by atoms with E-state index in [2.05, 4.69) is 15.6 Å². The second-order valence-electron chi connectivity index (χ2n) is 8.87. The van der Waals surface area contributed by atoms with Crippen molar-refractivity contribution in [2.45, 2.75) is 57.2 Å². The van der Waals surface area contributed by atoms with E-state index in [4.69, 9.17) is 39.9 Å². The maximum atomic E-state index is 13.0. The van der Waals surface area contributed by atoms with E-state index in [0.717, 1.165) is 11.3 Å². The first-order chi connectivity index (χ1) is 19.0. The molecule has 0 aromatic heterocycles. The van der Waals surface area contributed by atoms with Crippen LogP contribution in [0.5, 0.6) is 0 Å². The number of halogens is 2. The van der Waals surface area contributed by atoms with Crippen LogP contribution in [0.2, 0.25) is 0 Å². The molecule has 0 bridgehead atoms. The Morgan fingerprint density at radius 2 is 1.77 bits per heavy atom. The van der Waals surface area contributed by atoms with Crippen LogP contribution in [-0.2, 0) is 20.8 Å². The van der Waals surface area contributed by atoms with Crippen molar-refractivity contribution in [3.63, 3.8) is 0 Å². The molecule has 16 heteroatoms. The number of aliphatic imine (C=N–C) groups is 1. The number of amides is 2. The maximum Gasteiger partial charge on any atom is 0.362 e. The van der Waals surface area contributed by atoms with Gasteiger partial charge in [0, 0.05) is 37.1 Å². The molecule has 1 aromatic carbocycles. The lowest BCUT2D eigenvalue weighted by Gasteiger charge is -2.25. The molecular weight excluding hydrogens is 567 g/mol. The number of nitrogens with one attached hydrogen (secondary N) is 3. The molecule has 0 aliphatic heterocycles. The van der Waals surface area contributed by atoms with Crippen LogP contribution >= 0.6 is 23.2 Å². The van der Waals surface area contributed by atoms with Gasteiger partial charge in [0.15, 0.2) is 0 Å². The molecule has 0 radical (unpaired) electrons. The average Bonchev–Trinajstić information content (AvgIpc) is 2.89. The fraction of sp³-hybridized carbons (Fsp3) is 0.583. The number of hydrazine groups is 1. The summed E-state index contributed by atoms with van der Waals surface area (Å²) >= 11 is 11.8. The first-order valence-corrected chi connectivity index (χ1v) is 13.8. The third-order valence-electron chi connectivity index (χ3n) is 5.73. The number of hydrogen-bond acceptors (Lipinski definition) is 8. The first-order valence-electron chi connectivity index (χ1n) is 12.8. The van der Waals surface area contributed by atoms with Crippen molar-refractivity contribution >= 4 is 52.6 Å². The normalized spacial score (nSPS) is 13.6. The molecule has 2 amide bonds. The number of carboxylic acids is 1. The van der Waals surface area contributed by atoms with E-state index in [0.29, 0.717) is 31.3 Å². The van der Waals surface area contributed by atoms with Crippen molar-refractivity contribution in [1.29, 1.82) is 0 Å². The van der Waals surface area contributed by atoms with Crippen molar-refractivity contribution in [2.24, 2.45) is 16.5 Å². The number of carbonyl (C=O) groups excluding carboxylic acids is 3. The van der Waals surface area contributed by atoms with Crippen molar-refractivity contribution in [2.75, 3.05) is 36.3 Å². The fourth-order valence-corrected chi connectivity index (χ4v) is 4.19. The Bertz CT molecular complexity index is 1010. The fourth-order valence-electron chi connectivity index (χ4n) is 3.79. The summed E-state index contributed by atoms with van der Waals surface area (Å²) in [5.74, 6) is -2.31. The molecule has 3 atom stereocenters. The smallest absolute Gasteiger partial charge is 0.362 e. The number of rotatable bonds is 19. The molecule has 0 saturated heterocycles. The third-order valence-corrected chi connectivity index (χ3v) is 6.07. The van der Waals surface area contributed by atoms with Crippen molar-refractivity contribution in [3.05, 3.63) is 34.7 Å². The lowest BCUT2D eigenvalue weighted by molar-refractivity contribution is -0.822. The van der Waals surface area contributed by atoms with E-state index >= 15 is 0 Å². The zero-order valence-electron chi connectivity index (χ0n) is 22.4. The van der Waals surface area contributed by atoms with Crippen LogP contribution in [0.1, 0.15) is 38.2 Å². The number of benzene rings is 1. The highest BCUT2D eigenvalue weighted by Gasteiger charge is 2.26. The van der Waals surface area contributed by atoms with Crippen LogP contribution in [0.3, 0.4) is 0 Å². The van der Waals surface area contributed by atoms with E-state index in [1.165, 1.54) is 0 Å². The summed E-state index contributed by atoms with van der Waals surface area (Å²) in [5.41, 5.74) is 15.1. The zero-order chi connectivity index (χ0) is 30.1. The van der Waals surface area contributed by atoms with Crippen LogP contribution < -0.4 is 37.5 Å². The summed E-state index contributed by atoms with van der Waals surface area (Å²) in [7, 11) is 0. The first kappa shape index (κ1) is 34.7. The summed E-state index contributed by atoms with van der Waals surface area (Å²) < 4.78 is 0. The van der Waals surface area contributed by atoms with Gasteiger partial charge in [0.1, 0.15) is 10.9 Å². The van der Waals surface area contributed by atoms with Crippen molar-refractivity contribution in [1.82, 2.24) is 16.1 Å². The maximum absolute atomic E-state index is 13.0. The van der Waals surface area contributed by atoms with Gasteiger partial charge in [-0.1, -0.05) is 25.5 Å². The molecule has 8 N–H and O–H groups in total. The van der Waals surface area contributed by atoms with E-state index in [9.17, 15) is 24.4 Å². The number of hydrogen-bond donors (Lipinski definition) is 6. The van der Waals surface area contributed by atoms with E-state index in [1.807, 2.05) is 34.6 Å². The number of carboxylic acid groups (broad SMARTS) is 1. The van der Waals surface area contributed by atoms with E-state index in [-0.39, 0.29) is 38.2 Å². The quantitative estimate of drug-likeness (QED) is 0.0376. The Hall–Kier alpha value is -3.36. The highest BCUT2D eigenvalue weighted by Crippen LogP contribution is 2.18. The van der Waals surface area contributed by atoms with E-state index in [1.54, 1.807) is 6.92 Å². The number of nitrogens with zero attached hydrogens (tertiary/aromatic N) is 3. The van der Waals surface area contributed by atoms with Gasteiger partial charge in [-0.05, 0) is 48.8 Å². The Labute approximate surface area is 242 Å². The molecule has 0 saturated carbocycles. The predicted octanol–water partition coefficient (Wildman–Crippen LogP) is -0.872. The molecular formula is C24H38Cl2N8O6. The van der Waals surface area contributed by atoms with Crippen molar-refractivity contribution < 1.29 is 29.7 Å². The molecule has 0 fully saturated rings. The largest absolute Gasteiger partial charge is 0.548 e. The highest BCUT2D eigenvalue weighted by molar-refractivity contribution is 6.18. The van der Waals surface area contributed by atoms with Gasteiger partial charge in [0.2, 0.25) is 11.8 Å². The molecule has 0 aliphatic rings. The Balaban J connectivity index is 2.96. The number of aliphatic carboxylic acids is 1. The SMILES string of the molecule is CCC[C@@H](NC(=O)[C@H](CCCN=C(N)N[N+](=O)O)NC(=O)C(N)Cc1cccc(N(CCCl)CCCl)c1)C(=O)[O-]. The summed E-state index contributed by atoms with van der Waals surface area (Å²) in [5, 5.41) is 24.4. The standard InChI is InChI=1S/C24H38Cl2N8O6/c1-2-5-20(23(37)38)31-22(36)19(8-4-11-29-24(28)32-34(39)40)30-21(35)18(27)15-16-6-3-7-17(14-16)33(12-9-25)13-10-26/h3,6-7,14,18-20H,2,4-5,8-13,15,27H2,1H3,(H6-,28,29,30,31,32,35,36,37,38,39,40)/t18?,19-,20+/m0/s1. The highest BCUT2D eigenvalue weighted by atomic mass is 35.5. The topological polar surface area (TPSA) is 218 Å². The summed E-state index contributed by atoms with van der Waals surface area (Å²) in [4.78, 5) is 53.7. The predicted molar refractivity (Wildman–Crippen MR) is 150 cm³/mol. The minimum Gasteiger partial charge on any atom is -0.548 e. The Kier molecular flexibility index (Phi) is 16.3. The van der Waals surface area contributed by atoms with Crippen LogP contribution in [0.15, 0.2) is 29.3 Å². The summed E-state index contributed by atoms with van der Waals surface area (Å²) in [6.45, 7) is 2.97. The average molecular weight is 606 g/mol. The lowest BCUT2D eigenvalue weighted by atomic mass is 10.0. The second-order valence-corrected chi connectivity index (χ2v) is 9.63. The summed E-state index contributed by atoms with van der Waals surface area (Å²) in [6.07, 6.45) is 1.06. The van der Waals surface area contributed by atoms with E-state index < -0.39 is 40.9 Å². The minimum absolute atomic E-state index is 0.0329. The van der Waals surface area contributed by atoms with Gasteiger partial charge in [0.25, 0.3) is 5.96 Å². The zero-order valence-corrected chi connectivity index (χ0v) is 23.9.